The molecule has 0 radical (unpaired) electrons. The van der Waals surface area contributed by atoms with Gasteiger partial charge in [0.25, 0.3) is 5.91 Å². The minimum atomic E-state index is -0.0189. The molecule has 1 aromatic carbocycles. The van der Waals surface area contributed by atoms with E-state index in [1.165, 1.54) is 0 Å². The number of carbonyl (C=O) groups is 1. The maximum absolute atomic E-state index is 13.1. The van der Waals surface area contributed by atoms with Crippen LogP contribution in [0.5, 0.6) is 5.75 Å². The van der Waals surface area contributed by atoms with Crippen LogP contribution in [0.4, 0.5) is 11.4 Å². The van der Waals surface area contributed by atoms with E-state index >= 15 is 0 Å². The molecule has 1 amide bonds. The van der Waals surface area contributed by atoms with E-state index < -0.39 is 0 Å². The zero-order valence-electron chi connectivity index (χ0n) is 15.8. The number of ether oxygens (including phenoxy) is 1. The maximum Gasteiger partial charge on any atom is 0.257 e. The second kappa shape index (κ2) is 7.64. The molecule has 0 saturated carbocycles. The van der Waals surface area contributed by atoms with Gasteiger partial charge in [-0.1, -0.05) is 11.6 Å². The van der Waals surface area contributed by atoms with Crippen molar-refractivity contribution in [3.8, 4) is 5.75 Å². The van der Waals surface area contributed by atoms with Gasteiger partial charge in [-0.25, -0.2) is 9.97 Å². The third-order valence-electron chi connectivity index (χ3n) is 4.91. The molecule has 1 saturated heterocycles. The predicted octanol–water partition coefficient (Wildman–Crippen LogP) is 4.58. The number of likely N-dealkylation sites (tertiary alicyclic amines) is 1. The second-order valence-corrected chi connectivity index (χ2v) is 7.25. The van der Waals surface area contributed by atoms with Crippen molar-refractivity contribution in [3.05, 3.63) is 52.8 Å². The highest BCUT2D eigenvalue weighted by molar-refractivity contribution is 6.32. The summed E-state index contributed by atoms with van der Waals surface area (Å²) in [5.74, 6) is 0.576. The van der Waals surface area contributed by atoms with Crippen molar-refractivity contribution in [3.63, 3.8) is 0 Å². The third kappa shape index (κ3) is 3.47. The molecule has 0 bridgehead atoms. The Morgan fingerprint density at radius 1 is 1.21 bits per heavy atom. The number of fused-ring (bicyclic) bond motifs is 1. The first kappa shape index (κ1) is 18.5. The molecule has 6 nitrogen and oxygen atoms in total. The molecular formula is C21H21ClN4O2. The summed E-state index contributed by atoms with van der Waals surface area (Å²) < 4.78 is 5.22. The summed E-state index contributed by atoms with van der Waals surface area (Å²) in [6, 6.07) is 9.29. The van der Waals surface area contributed by atoms with Crippen LogP contribution in [-0.4, -0.2) is 41.0 Å². The number of hydrogen-bond acceptors (Lipinski definition) is 5. The summed E-state index contributed by atoms with van der Waals surface area (Å²) in [5, 5.41) is 4.65. The minimum Gasteiger partial charge on any atom is -0.495 e. The fourth-order valence-corrected chi connectivity index (χ4v) is 3.71. The Bertz CT molecular complexity index is 1050. The fourth-order valence-electron chi connectivity index (χ4n) is 3.45. The number of amides is 1. The van der Waals surface area contributed by atoms with Gasteiger partial charge in [-0.3, -0.25) is 4.79 Å². The van der Waals surface area contributed by atoms with Crippen molar-refractivity contribution in [2.45, 2.75) is 19.8 Å². The summed E-state index contributed by atoms with van der Waals surface area (Å²) in [5.41, 5.74) is 3.45. The van der Waals surface area contributed by atoms with Gasteiger partial charge in [0.2, 0.25) is 0 Å². The van der Waals surface area contributed by atoms with Crippen LogP contribution in [0.15, 0.2) is 36.5 Å². The number of pyridine rings is 2. The highest BCUT2D eigenvalue weighted by Gasteiger charge is 2.24. The molecule has 0 atom stereocenters. The molecule has 1 aliphatic rings. The van der Waals surface area contributed by atoms with E-state index in [0.29, 0.717) is 27.7 Å². The summed E-state index contributed by atoms with van der Waals surface area (Å²) in [6.45, 7) is 3.47. The Hall–Kier alpha value is -2.86. The van der Waals surface area contributed by atoms with E-state index in [2.05, 4.69) is 15.3 Å². The molecule has 28 heavy (non-hydrogen) atoms. The number of benzene rings is 1. The van der Waals surface area contributed by atoms with Crippen molar-refractivity contribution < 1.29 is 9.53 Å². The van der Waals surface area contributed by atoms with E-state index in [9.17, 15) is 4.79 Å². The Labute approximate surface area is 168 Å². The van der Waals surface area contributed by atoms with Gasteiger partial charge in [0.05, 0.1) is 23.4 Å². The van der Waals surface area contributed by atoms with E-state index in [-0.39, 0.29) is 5.91 Å². The molecule has 3 heterocycles. The zero-order valence-corrected chi connectivity index (χ0v) is 16.6. The Morgan fingerprint density at radius 2 is 2.00 bits per heavy atom. The molecule has 2 aromatic heterocycles. The van der Waals surface area contributed by atoms with Crippen molar-refractivity contribution >= 4 is 39.9 Å². The first-order valence-electron chi connectivity index (χ1n) is 9.23. The monoisotopic (exact) mass is 396 g/mol. The Morgan fingerprint density at radius 3 is 2.71 bits per heavy atom. The number of carbonyl (C=O) groups excluding carboxylic acids is 1. The van der Waals surface area contributed by atoms with Gasteiger partial charge in [-0.15, -0.1) is 0 Å². The van der Waals surface area contributed by atoms with Gasteiger partial charge in [0.15, 0.2) is 5.65 Å². The van der Waals surface area contributed by atoms with Crippen LogP contribution in [0.2, 0.25) is 5.02 Å². The molecule has 7 heteroatoms. The summed E-state index contributed by atoms with van der Waals surface area (Å²) in [6.07, 6.45) is 3.68. The quantitative estimate of drug-likeness (QED) is 0.699. The summed E-state index contributed by atoms with van der Waals surface area (Å²) >= 11 is 6.28. The number of halogens is 1. The number of rotatable bonds is 4. The maximum atomic E-state index is 13.1. The van der Waals surface area contributed by atoms with Crippen LogP contribution in [0.25, 0.3) is 11.0 Å². The van der Waals surface area contributed by atoms with Crippen LogP contribution in [0, 0.1) is 6.92 Å². The number of nitrogens with zero attached hydrogens (tertiary/aromatic N) is 3. The number of methoxy groups -OCH3 is 1. The van der Waals surface area contributed by atoms with Gasteiger partial charge < -0.3 is 15.0 Å². The highest BCUT2D eigenvalue weighted by atomic mass is 35.5. The Balaban J connectivity index is 1.82. The van der Waals surface area contributed by atoms with Gasteiger partial charge in [0, 0.05) is 36.1 Å². The van der Waals surface area contributed by atoms with Gasteiger partial charge in [-0.05, 0) is 50.1 Å². The van der Waals surface area contributed by atoms with Crippen LogP contribution in [0.1, 0.15) is 28.9 Å². The first-order chi connectivity index (χ1) is 13.6. The van der Waals surface area contributed by atoms with Gasteiger partial charge in [-0.2, -0.15) is 0 Å². The lowest BCUT2D eigenvalue weighted by molar-refractivity contribution is 0.0793. The normalized spacial score (nSPS) is 13.8. The molecule has 1 N–H and O–H groups in total. The lowest BCUT2D eigenvalue weighted by atomic mass is 10.1. The molecular weight excluding hydrogens is 376 g/mol. The standard InChI is InChI=1S/C21H21ClN4O2/c1-13-5-7-15-19(25-14-6-8-18(28-2)17(22)11-14)16(12-23-20(15)24-13)21(27)26-9-3-4-10-26/h5-8,11-12H,3-4,9-10H2,1-2H3,(H,23,24,25). The lowest BCUT2D eigenvalue weighted by Gasteiger charge is -2.19. The van der Waals surface area contributed by atoms with Crippen molar-refractivity contribution in [1.29, 1.82) is 0 Å². The average molecular weight is 397 g/mol. The number of aryl methyl sites for hydroxylation is 1. The Kier molecular flexibility index (Phi) is 5.05. The number of nitrogens with one attached hydrogen (secondary N) is 1. The van der Waals surface area contributed by atoms with Gasteiger partial charge in [0.1, 0.15) is 5.75 Å². The largest absolute Gasteiger partial charge is 0.495 e. The highest BCUT2D eigenvalue weighted by Crippen LogP contribution is 2.33. The first-order valence-corrected chi connectivity index (χ1v) is 9.61. The third-order valence-corrected chi connectivity index (χ3v) is 5.21. The molecule has 1 aliphatic heterocycles. The fraction of sp³-hybridized carbons (Fsp3) is 0.286. The van der Waals surface area contributed by atoms with Crippen LogP contribution in [0.3, 0.4) is 0 Å². The van der Waals surface area contributed by atoms with E-state index in [4.69, 9.17) is 16.3 Å². The summed E-state index contributed by atoms with van der Waals surface area (Å²) in [7, 11) is 1.57. The molecule has 3 aromatic rings. The van der Waals surface area contributed by atoms with E-state index in [0.717, 1.165) is 42.7 Å². The average Bonchev–Trinajstić information content (AvgIpc) is 3.22. The van der Waals surface area contributed by atoms with Crippen molar-refractivity contribution in [2.75, 3.05) is 25.5 Å². The molecule has 0 spiro atoms. The second-order valence-electron chi connectivity index (χ2n) is 6.84. The van der Waals surface area contributed by atoms with Crippen molar-refractivity contribution in [1.82, 2.24) is 14.9 Å². The smallest absolute Gasteiger partial charge is 0.257 e. The number of hydrogen-bond donors (Lipinski definition) is 1. The molecule has 0 unspecified atom stereocenters. The molecule has 0 aliphatic carbocycles. The molecule has 144 valence electrons. The summed E-state index contributed by atoms with van der Waals surface area (Å²) in [4.78, 5) is 23.9. The van der Waals surface area contributed by atoms with Crippen molar-refractivity contribution in [2.24, 2.45) is 0 Å². The molecule has 4 rings (SSSR count). The zero-order chi connectivity index (χ0) is 19.7. The topological polar surface area (TPSA) is 67.3 Å². The number of anilines is 2. The van der Waals surface area contributed by atoms with E-state index in [1.54, 1.807) is 25.4 Å². The van der Waals surface area contributed by atoms with Crippen LogP contribution < -0.4 is 10.1 Å². The minimum absolute atomic E-state index is 0.0189. The SMILES string of the molecule is COc1ccc(Nc2c(C(=O)N3CCCC3)cnc3nc(C)ccc23)cc1Cl. The predicted molar refractivity (Wildman–Crippen MR) is 111 cm³/mol. The van der Waals surface area contributed by atoms with Crippen LogP contribution in [-0.2, 0) is 0 Å². The molecule has 1 fully saturated rings. The van der Waals surface area contributed by atoms with Crippen LogP contribution >= 0.6 is 11.6 Å². The lowest BCUT2D eigenvalue weighted by Crippen LogP contribution is -2.28. The van der Waals surface area contributed by atoms with E-state index in [1.807, 2.05) is 30.0 Å². The van der Waals surface area contributed by atoms with Gasteiger partial charge >= 0.3 is 0 Å². The number of aromatic nitrogens is 2.